The van der Waals surface area contributed by atoms with Gasteiger partial charge in [-0.1, -0.05) is 22.0 Å². The maximum Gasteiger partial charge on any atom is 0.255 e. The second-order valence-electron chi connectivity index (χ2n) is 3.92. The molecule has 0 saturated heterocycles. The van der Waals surface area contributed by atoms with Crippen LogP contribution < -0.4 is 5.32 Å². The highest BCUT2D eigenvalue weighted by molar-refractivity contribution is 14.1. The molecule has 0 aromatic heterocycles. The summed E-state index contributed by atoms with van der Waals surface area (Å²) < 4.78 is 2.05. The first-order chi connectivity index (χ1) is 8.56. The third-order valence-corrected chi connectivity index (χ3v) is 3.76. The number of hydrogen-bond donors (Lipinski definition) is 1. The van der Waals surface area contributed by atoms with Crippen LogP contribution in [0.1, 0.15) is 15.9 Å². The molecule has 0 aliphatic rings. The van der Waals surface area contributed by atoms with Crippen LogP contribution >= 0.6 is 38.5 Å². The number of carbonyl (C=O) groups excluding carboxylic acids is 1. The number of halogens is 2. The van der Waals surface area contributed by atoms with Crippen LogP contribution in [0, 0.1) is 10.5 Å². The molecular formula is C14H11BrINO. The number of rotatable bonds is 2. The van der Waals surface area contributed by atoms with E-state index < -0.39 is 0 Å². The molecule has 92 valence electrons. The van der Waals surface area contributed by atoms with E-state index >= 15 is 0 Å². The van der Waals surface area contributed by atoms with E-state index in [2.05, 4.69) is 43.8 Å². The summed E-state index contributed by atoms with van der Waals surface area (Å²) >= 11 is 5.61. The van der Waals surface area contributed by atoms with Gasteiger partial charge in [-0.15, -0.1) is 0 Å². The number of benzene rings is 2. The second kappa shape index (κ2) is 5.84. The smallest absolute Gasteiger partial charge is 0.255 e. The van der Waals surface area contributed by atoms with Gasteiger partial charge in [0.2, 0.25) is 0 Å². The number of nitrogens with one attached hydrogen (secondary N) is 1. The monoisotopic (exact) mass is 415 g/mol. The van der Waals surface area contributed by atoms with Crippen molar-refractivity contribution in [1.82, 2.24) is 0 Å². The lowest BCUT2D eigenvalue weighted by molar-refractivity contribution is 0.102. The zero-order chi connectivity index (χ0) is 13.1. The fraction of sp³-hybridized carbons (Fsp3) is 0.0714. The van der Waals surface area contributed by atoms with Gasteiger partial charge in [0.1, 0.15) is 0 Å². The zero-order valence-corrected chi connectivity index (χ0v) is 13.4. The van der Waals surface area contributed by atoms with Crippen LogP contribution in [-0.4, -0.2) is 5.91 Å². The molecule has 0 aliphatic carbocycles. The Balaban J connectivity index is 2.21. The molecule has 1 N–H and O–H groups in total. The van der Waals surface area contributed by atoms with Crippen LogP contribution in [0.4, 0.5) is 5.69 Å². The Kier molecular flexibility index (Phi) is 4.40. The van der Waals surface area contributed by atoms with E-state index in [4.69, 9.17) is 0 Å². The molecule has 2 nitrogen and oxygen atoms in total. The van der Waals surface area contributed by atoms with Gasteiger partial charge in [0, 0.05) is 19.3 Å². The number of anilines is 1. The van der Waals surface area contributed by atoms with E-state index in [1.807, 2.05) is 49.4 Å². The highest BCUT2D eigenvalue weighted by atomic mass is 127. The van der Waals surface area contributed by atoms with Gasteiger partial charge in [-0.05, 0) is 71.5 Å². The zero-order valence-electron chi connectivity index (χ0n) is 9.71. The van der Waals surface area contributed by atoms with Gasteiger partial charge >= 0.3 is 0 Å². The minimum Gasteiger partial charge on any atom is -0.322 e. The normalized spacial score (nSPS) is 10.2. The van der Waals surface area contributed by atoms with Crippen LogP contribution in [0.2, 0.25) is 0 Å². The predicted octanol–water partition coefficient (Wildman–Crippen LogP) is 4.61. The molecule has 2 aromatic carbocycles. The molecular weight excluding hydrogens is 405 g/mol. The molecule has 18 heavy (non-hydrogen) atoms. The standard InChI is InChI=1S/C14H11BrINO/c1-9-2-3-10(15)8-13(9)14(18)17-12-6-4-11(16)5-7-12/h2-8H,1H3,(H,17,18). The molecule has 0 unspecified atom stereocenters. The maximum atomic E-state index is 12.1. The summed E-state index contributed by atoms with van der Waals surface area (Å²) in [7, 11) is 0. The quantitative estimate of drug-likeness (QED) is 0.712. The van der Waals surface area contributed by atoms with E-state index in [0.717, 1.165) is 19.3 Å². The highest BCUT2D eigenvalue weighted by Crippen LogP contribution is 2.18. The van der Waals surface area contributed by atoms with Crippen molar-refractivity contribution in [1.29, 1.82) is 0 Å². The molecule has 2 rings (SSSR count). The molecule has 0 bridgehead atoms. The third-order valence-electron chi connectivity index (χ3n) is 2.55. The van der Waals surface area contributed by atoms with E-state index in [0.29, 0.717) is 5.56 Å². The second-order valence-corrected chi connectivity index (χ2v) is 6.08. The molecule has 0 spiro atoms. The van der Waals surface area contributed by atoms with Crippen LogP contribution in [0.5, 0.6) is 0 Å². The van der Waals surface area contributed by atoms with E-state index in [1.165, 1.54) is 0 Å². The summed E-state index contributed by atoms with van der Waals surface area (Å²) in [5.74, 6) is -0.0880. The minimum atomic E-state index is -0.0880. The number of hydrogen-bond acceptors (Lipinski definition) is 1. The molecule has 0 radical (unpaired) electrons. The Morgan fingerprint density at radius 2 is 1.83 bits per heavy atom. The summed E-state index contributed by atoms with van der Waals surface area (Å²) in [6, 6.07) is 13.4. The van der Waals surface area contributed by atoms with Crippen molar-refractivity contribution in [3.05, 3.63) is 61.6 Å². The highest BCUT2D eigenvalue weighted by Gasteiger charge is 2.09. The summed E-state index contributed by atoms with van der Waals surface area (Å²) in [4.78, 5) is 12.1. The molecule has 1 amide bonds. The van der Waals surface area contributed by atoms with Crippen molar-refractivity contribution < 1.29 is 4.79 Å². The number of aryl methyl sites for hydroxylation is 1. The third kappa shape index (κ3) is 3.32. The predicted molar refractivity (Wildman–Crippen MR) is 86.0 cm³/mol. The van der Waals surface area contributed by atoms with Crippen molar-refractivity contribution in [3.63, 3.8) is 0 Å². The fourth-order valence-corrected chi connectivity index (χ4v) is 2.29. The molecule has 0 heterocycles. The Morgan fingerprint density at radius 1 is 1.17 bits per heavy atom. The molecule has 0 aliphatic heterocycles. The van der Waals surface area contributed by atoms with Gasteiger partial charge in [0.25, 0.3) is 5.91 Å². The summed E-state index contributed by atoms with van der Waals surface area (Å²) in [6.07, 6.45) is 0. The fourth-order valence-electron chi connectivity index (χ4n) is 1.57. The molecule has 2 aromatic rings. The van der Waals surface area contributed by atoms with Gasteiger partial charge in [-0.3, -0.25) is 4.79 Å². The van der Waals surface area contributed by atoms with Gasteiger partial charge in [-0.2, -0.15) is 0 Å². The Morgan fingerprint density at radius 3 is 2.50 bits per heavy atom. The van der Waals surface area contributed by atoms with Crippen molar-refractivity contribution in [2.24, 2.45) is 0 Å². The summed E-state index contributed by atoms with van der Waals surface area (Å²) in [5.41, 5.74) is 2.45. The Hall–Kier alpha value is -0.880. The average molecular weight is 416 g/mol. The largest absolute Gasteiger partial charge is 0.322 e. The van der Waals surface area contributed by atoms with Gasteiger partial charge < -0.3 is 5.32 Å². The van der Waals surface area contributed by atoms with Crippen molar-refractivity contribution in [3.8, 4) is 0 Å². The minimum absolute atomic E-state index is 0.0880. The van der Waals surface area contributed by atoms with Crippen LogP contribution in [0.3, 0.4) is 0 Å². The van der Waals surface area contributed by atoms with Gasteiger partial charge in [0.15, 0.2) is 0 Å². The van der Waals surface area contributed by atoms with Crippen LogP contribution in [-0.2, 0) is 0 Å². The van der Waals surface area contributed by atoms with Crippen LogP contribution in [0.15, 0.2) is 46.9 Å². The Bertz CT molecular complexity index is 581. The summed E-state index contributed by atoms with van der Waals surface area (Å²) in [5, 5.41) is 2.89. The lowest BCUT2D eigenvalue weighted by Crippen LogP contribution is -2.13. The topological polar surface area (TPSA) is 29.1 Å². The summed E-state index contributed by atoms with van der Waals surface area (Å²) in [6.45, 7) is 1.93. The number of amides is 1. The number of carbonyl (C=O) groups is 1. The van der Waals surface area contributed by atoms with Crippen molar-refractivity contribution in [2.75, 3.05) is 5.32 Å². The van der Waals surface area contributed by atoms with Crippen molar-refractivity contribution in [2.45, 2.75) is 6.92 Å². The maximum absolute atomic E-state index is 12.1. The molecule has 4 heteroatoms. The molecule has 0 atom stereocenters. The Labute approximate surface area is 128 Å². The molecule has 0 saturated carbocycles. The van der Waals surface area contributed by atoms with E-state index in [-0.39, 0.29) is 5.91 Å². The van der Waals surface area contributed by atoms with Gasteiger partial charge in [0.05, 0.1) is 0 Å². The first kappa shape index (κ1) is 13.5. The lowest BCUT2D eigenvalue weighted by Gasteiger charge is -2.08. The van der Waals surface area contributed by atoms with Crippen LogP contribution in [0.25, 0.3) is 0 Å². The lowest BCUT2D eigenvalue weighted by atomic mass is 10.1. The SMILES string of the molecule is Cc1ccc(Br)cc1C(=O)Nc1ccc(I)cc1. The average Bonchev–Trinajstić information content (AvgIpc) is 2.35. The first-order valence-corrected chi connectivity index (χ1v) is 7.26. The van der Waals surface area contributed by atoms with Gasteiger partial charge in [-0.25, -0.2) is 0 Å². The van der Waals surface area contributed by atoms with E-state index in [1.54, 1.807) is 0 Å². The molecule has 0 fully saturated rings. The first-order valence-electron chi connectivity index (χ1n) is 5.39. The van der Waals surface area contributed by atoms with Crippen molar-refractivity contribution >= 4 is 50.1 Å². The van der Waals surface area contributed by atoms with E-state index in [9.17, 15) is 4.79 Å².